The molecule has 3 aromatic rings. The average Bonchev–Trinajstić information content (AvgIpc) is 3.07. The minimum Gasteiger partial charge on any atom is -0.497 e. The standard InChI is InChI=1S/C22H25N3O3/c1-16(2)22(26)23-15-21-24-19-10-4-5-11-20(19)25(21)12-7-13-28-18-9-6-8-17(14-18)27-3/h4-6,8-11,14H,1,7,12-13,15H2,2-3H3,(H,23,26). The van der Waals surface area contributed by atoms with Gasteiger partial charge in [0.15, 0.2) is 0 Å². The molecule has 2 aromatic carbocycles. The van der Waals surface area contributed by atoms with E-state index < -0.39 is 0 Å². The molecule has 0 atom stereocenters. The molecule has 1 N–H and O–H groups in total. The Bertz CT molecular complexity index is 978. The first-order valence-corrected chi connectivity index (χ1v) is 9.23. The number of benzene rings is 2. The van der Waals surface area contributed by atoms with E-state index in [4.69, 9.17) is 9.47 Å². The van der Waals surface area contributed by atoms with E-state index in [2.05, 4.69) is 21.4 Å². The number of methoxy groups -OCH3 is 1. The summed E-state index contributed by atoms with van der Waals surface area (Å²) in [4.78, 5) is 16.5. The number of carbonyl (C=O) groups is 1. The van der Waals surface area contributed by atoms with Crippen LogP contribution in [0.25, 0.3) is 11.0 Å². The van der Waals surface area contributed by atoms with Gasteiger partial charge < -0.3 is 19.4 Å². The normalized spacial score (nSPS) is 10.6. The Morgan fingerprint density at radius 3 is 2.75 bits per heavy atom. The number of carbonyl (C=O) groups excluding carboxylic acids is 1. The van der Waals surface area contributed by atoms with Gasteiger partial charge in [-0.15, -0.1) is 0 Å². The van der Waals surface area contributed by atoms with Crippen molar-refractivity contribution in [3.8, 4) is 11.5 Å². The lowest BCUT2D eigenvalue weighted by Crippen LogP contribution is -2.25. The van der Waals surface area contributed by atoms with Gasteiger partial charge in [-0.05, 0) is 37.6 Å². The van der Waals surface area contributed by atoms with Gasteiger partial charge in [0.2, 0.25) is 5.91 Å². The molecular weight excluding hydrogens is 354 g/mol. The van der Waals surface area contributed by atoms with Crippen LogP contribution in [0.1, 0.15) is 19.2 Å². The second-order valence-corrected chi connectivity index (χ2v) is 6.51. The Labute approximate surface area is 164 Å². The van der Waals surface area contributed by atoms with Gasteiger partial charge >= 0.3 is 0 Å². The molecule has 0 spiro atoms. The number of hydrogen-bond donors (Lipinski definition) is 1. The molecule has 6 nitrogen and oxygen atoms in total. The Morgan fingerprint density at radius 1 is 1.18 bits per heavy atom. The van der Waals surface area contributed by atoms with Crippen molar-refractivity contribution in [2.24, 2.45) is 0 Å². The fourth-order valence-corrected chi connectivity index (χ4v) is 2.92. The number of rotatable bonds is 9. The largest absolute Gasteiger partial charge is 0.497 e. The first-order valence-electron chi connectivity index (χ1n) is 9.23. The summed E-state index contributed by atoms with van der Waals surface area (Å²) in [6, 6.07) is 15.5. The van der Waals surface area contributed by atoms with Gasteiger partial charge in [-0.1, -0.05) is 24.8 Å². The molecule has 0 saturated carbocycles. The van der Waals surface area contributed by atoms with Crippen molar-refractivity contribution in [1.29, 1.82) is 0 Å². The number of para-hydroxylation sites is 2. The zero-order valence-electron chi connectivity index (χ0n) is 16.3. The molecule has 0 fully saturated rings. The lowest BCUT2D eigenvalue weighted by Gasteiger charge is -2.11. The third-order valence-corrected chi connectivity index (χ3v) is 4.36. The second-order valence-electron chi connectivity index (χ2n) is 6.51. The van der Waals surface area contributed by atoms with E-state index in [1.54, 1.807) is 14.0 Å². The lowest BCUT2D eigenvalue weighted by atomic mass is 10.3. The van der Waals surface area contributed by atoms with E-state index in [9.17, 15) is 4.79 Å². The Kier molecular flexibility index (Phi) is 6.32. The highest BCUT2D eigenvalue weighted by atomic mass is 16.5. The molecule has 0 saturated heterocycles. The summed E-state index contributed by atoms with van der Waals surface area (Å²) in [5.41, 5.74) is 2.44. The minimum absolute atomic E-state index is 0.167. The number of aromatic nitrogens is 2. The molecule has 0 aliphatic carbocycles. The van der Waals surface area contributed by atoms with Crippen LogP contribution in [0.15, 0.2) is 60.7 Å². The van der Waals surface area contributed by atoms with Gasteiger partial charge in [-0.2, -0.15) is 0 Å². The summed E-state index contributed by atoms with van der Waals surface area (Å²) in [6.45, 7) is 7.02. The van der Waals surface area contributed by atoms with Crippen LogP contribution in [0.3, 0.4) is 0 Å². The van der Waals surface area contributed by atoms with E-state index in [0.717, 1.165) is 41.3 Å². The van der Waals surface area contributed by atoms with Crippen molar-refractivity contribution < 1.29 is 14.3 Å². The lowest BCUT2D eigenvalue weighted by molar-refractivity contribution is -0.117. The summed E-state index contributed by atoms with van der Waals surface area (Å²) in [5.74, 6) is 2.20. The zero-order valence-corrected chi connectivity index (χ0v) is 16.3. The van der Waals surface area contributed by atoms with Gasteiger partial charge in [0.25, 0.3) is 0 Å². The maximum atomic E-state index is 11.8. The molecule has 1 heterocycles. The fourth-order valence-electron chi connectivity index (χ4n) is 2.92. The third-order valence-electron chi connectivity index (χ3n) is 4.36. The van der Waals surface area contributed by atoms with Crippen LogP contribution in [0.2, 0.25) is 0 Å². The third kappa shape index (κ3) is 4.71. The van der Waals surface area contributed by atoms with Crippen molar-refractivity contribution >= 4 is 16.9 Å². The summed E-state index contributed by atoms with van der Waals surface area (Å²) in [6.07, 6.45) is 0.805. The molecule has 0 aliphatic rings. The predicted octanol–water partition coefficient (Wildman–Crippen LogP) is 3.71. The molecule has 0 radical (unpaired) electrons. The van der Waals surface area contributed by atoms with Crippen molar-refractivity contribution in [2.45, 2.75) is 26.4 Å². The molecule has 0 bridgehead atoms. The number of hydrogen-bond acceptors (Lipinski definition) is 4. The maximum absolute atomic E-state index is 11.8. The number of amides is 1. The smallest absolute Gasteiger partial charge is 0.246 e. The van der Waals surface area contributed by atoms with Crippen molar-refractivity contribution in [3.63, 3.8) is 0 Å². The van der Waals surface area contributed by atoms with E-state index in [1.165, 1.54) is 0 Å². The van der Waals surface area contributed by atoms with Crippen LogP contribution in [-0.4, -0.2) is 29.2 Å². The molecule has 0 unspecified atom stereocenters. The first-order chi connectivity index (χ1) is 13.6. The second kappa shape index (κ2) is 9.08. The Hall–Kier alpha value is -3.28. The van der Waals surface area contributed by atoms with E-state index in [0.29, 0.717) is 18.7 Å². The van der Waals surface area contributed by atoms with Gasteiger partial charge in [0, 0.05) is 18.2 Å². The fraction of sp³-hybridized carbons (Fsp3) is 0.273. The Morgan fingerprint density at radius 2 is 1.96 bits per heavy atom. The SMILES string of the molecule is C=C(C)C(=O)NCc1nc2ccccc2n1CCCOc1cccc(OC)c1. The topological polar surface area (TPSA) is 65.4 Å². The first kappa shape index (κ1) is 19.5. The van der Waals surface area contributed by atoms with Crippen LogP contribution in [0.5, 0.6) is 11.5 Å². The Balaban J connectivity index is 1.66. The molecule has 1 aromatic heterocycles. The molecule has 0 aliphatic heterocycles. The van der Waals surface area contributed by atoms with Crippen molar-refractivity contribution in [3.05, 3.63) is 66.5 Å². The number of imidazole rings is 1. The number of ether oxygens (including phenoxy) is 2. The van der Waals surface area contributed by atoms with Crippen LogP contribution in [0.4, 0.5) is 0 Å². The molecule has 1 amide bonds. The number of nitrogens with one attached hydrogen (secondary N) is 1. The van der Waals surface area contributed by atoms with Crippen LogP contribution in [0, 0.1) is 0 Å². The van der Waals surface area contributed by atoms with E-state index in [-0.39, 0.29) is 5.91 Å². The molecule has 3 rings (SSSR count). The molecule has 6 heteroatoms. The summed E-state index contributed by atoms with van der Waals surface area (Å²) < 4.78 is 13.2. The number of aryl methyl sites for hydroxylation is 1. The van der Waals surface area contributed by atoms with Crippen LogP contribution < -0.4 is 14.8 Å². The quantitative estimate of drug-likeness (QED) is 0.455. The monoisotopic (exact) mass is 379 g/mol. The van der Waals surface area contributed by atoms with Gasteiger partial charge in [0.05, 0.1) is 31.3 Å². The maximum Gasteiger partial charge on any atom is 0.246 e. The van der Waals surface area contributed by atoms with Gasteiger partial charge in [-0.25, -0.2) is 4.98 Å². The molecule has 28 heavy (non-hydrogen) atoms. The van der Waals surface area contributed by atoms with Gasteiger partial charge in [0.1, 0.15) is 17.3 Å². The molecule has 146 valence electrons. The minimum atomic E-state index is -0.167. The average molecular weight is 379 g/mol. The number of nitrogens with zero attached hydrogens (tertiary/aromatic N) is 2. The van der Waals surface area contributed by atoms with Crippen molar-refractivity contribution in [1.82, 2.24) is 14.9 Å². The van der Waals surface area contributed by atoms with Gasteiger partial charge in [-0.3, -0.25) is 4.79 Å². The van der Waals surface area contributed by atoms with E-state index >= 15 is 0 Å². The highest BCUT2D eigenvalue weighted by molar-refractivity contribution is 5.92. The van der Waals surface area contributed by atoms with Crippen LogP contribution >= 0.6 is 0 Å². The van der Waals surface area contributed by atoms with Crippen molar-refractivity contribution in [2.75, 3.05) is 13.7 Å². The highest BCUT2D eigenvalue weighted by Crippen LogP contribution is 2.20. The van der Waals surface area contributed by atoms with E-state index in [1.807, 2.05) is 48.5 Å². The zero-order chi connectivity index (χ0) is 19.9. The summed E-state index contributed by atoms with van der Waals surface area (Å²) in [5, 5.41) is 2.86. The summed E-state index contributed by atoms with van der Waals surface area (Å²) >= 11 is 0. The highest BCUT2D eigenvalue weighted by Gasteiger charge is 2.11. The predicted molar refractivity (Wildman–Crippen MR) is 109 cm³/mol. The summed E-state index contributed by atoms with van der Waals surface area (Å²) in [7, 11) is 1.64. The molecular formula is C22H25N3O3. The number of fused-ring (bicyclic) bond motifs is 1. The van der Waals surface area contributed by atoms with Crippen LogP contribution in [-0.2, 0) is 17.9 Å².